The van der Waals surface area contributed by atoms with Gasteiger partial charge in [-0.1, -0.05) is 6.92 Å². The maximum atomic E-state index is 4.63. The number of nitrogens with one attached hydrogen (secondary N) is 1. The van der Waals surface area contributed by atoms with Crippen molar-refractivity contribution in [2.24, 2.45) is 0 Å². The lowest BCUT2D eigenvalue weighted by Gasteiger charge is -2.19. The molecule has 108 valence electrons. The van der Waals surface area contributed by atoms with E-state index in [0.717, 1.165) is 50.5 Å². The molecule has 0 fully saturated rings. The zero-order chi connectivity index (χ0) is 14.1. The highest BCUT2D eigenvalue weighted by Gasteiger charge is 2.04. The van der Waals surface area contributed by atoms with Crippen LogP contribution in [0.15, 0.2) is 12.4 Å². The predicted molar refractivity (Wildman–Crippen MR) is 80.5 cm³/mol. The van der Waals surface area contributed by atoms with E-state index in [1.54, 1.807) is 0 Å². The molecule has 1 rings (SSSR count). The molecule has 0 radical (unpaired) electrons. The van der Waals surface area contributed by atoms with Gasteiger partial charge in [-0.15, -0.1) is 0 Å². The highest BCUT2D eigenvalue weighted by molar-refractivity contribution is 5.34. The van der Waals surface area contributed by atoms with Gasteiger partial charge in [0.15, 0.2) is 0 Å². The van der Waals surface area contributed by atoms with Crippen molar-refractivity contribution in [1.29, 1.82) is 0 Å². The average Bonchev–Trinajstić information content (AvgIpc) is 2.39. The van der Waals surface area contributed by atoms with E-state index in [-0.39, 0.29) is 0 Å². The van der Waals surface area contributed by atoms with Crippen LogP contribution in [-0.4, -0.2) is 55.6 Å². The minimum Gasteiger partial charge on any atom is -0.358 e. The monoisotopic (exact) mass is 265 g/mol. The summed E-state index contributed by atoms with van der Waals surface area (Å²) in [6, 6.07) is 0. The van der Waals surface area contributed by atoms with Gasteiger partial charge in [-0.2, -0.15) is 0 Å². The van der Waals surface area contributed by atoms with Crippen LogP contribution >= 0.6 is 0 Å². The molecule has 0 saturated carbocycles. The largest absolute Gasteiger partial charge is 0.358 e. The molecule has 0 aliphatic rings. The first kappa shape index (κ1) is 15.9. The second kappa shape index (κ2) is 8.82. The highest BCUT2D eigenvalue weighted by Crippen LogP contribution is 2.08. The SMILES string of the molecule is CCCNCc1cncc(N(C)CCCN(C)C)n1. The van der Waals surface area contributed by atoms with Crippen LogP contribution in [0.25, 0.3) is 0 Å². The van der Waals surface area contributed by atoms with Gasteiger partial charge in [0, 0.05) is 26.3 Å². The summed E-state index contributed by atoms with van der Waals surface area (Å²) in [5.74, 6) is 0.953. The maximum Gasteiger partial charge on any atom is 0.147 e. The fraction of sp³-hybridized carbons (Fsp3) is 0.714. The molecule has 0 amide bonds. The van der Waals surface area contributed by atoms with Crippen LogP contribution in [0.1, 0.15) is 25.5 Å². The molecule has 0 spiro atoms. The van der Waals surface area contributed by atoms with E-state index >= 15 is 0 Å². The van der Waals surface area contributed by atoms with E-state index in [9.17, 15) is 0 Å². The lowest BCUT2D eigenvalue weighted by Crippen LogP contribution is -2.24. The molecule has 0 unspecified atom stereocenters. The molecule has 0 aliphatic heterocycles. The number of anilines is 1. The molecule has 5 nitrogen and oxygen atoms in total. The van der Waals surface area contributed by atoms with E-state index in [1.807, 2.05) is 12.4 Å². The first-order chi connectivity index (χ1) is 9.13. The molecule has 0 bridgehead atoms. The Morgan fingerprint density at radius 1 is 1.16 bits per heavy atom. The van der Waals surface area contributed by atoms with Crippen LogP contribution in [0.2, 0.25) is 0 Å². The van der Waals surface area contributed by atoms with Gasteiger partial charge < -0.3 is 15.1 Å². The van der Waals surface area contributed by atoms with Crippen molar-refractivity contribution in [2.45, 2.75) is 26.3 Å². The molecule has 0 aromatic carbocycles. The molecule has 0 atom stereocenters. The van der Waals surface area contributed by atoms with Gasteiger partial charge >= 0.3 is 0 Å². The maximum absolute atomic E-state index is 4.63. The molecule has 1 aromatic heterocycles. The van der Waals surface area contributed by atoms with E-state index < -0.39 is 0 Å². The first-order valence-corrected chi connectivity index (χ1v) is 7.01. The Bertz CT molecular complexity index is 353. The van der Waals surface area contributed by atoms with E-state index in [1.165, 1.54) is 0 Å². The highest BCUT2D eigenvalue weighted by atomic mass is 15.2. The molecule has 5 heteroatoms. The summed E-state index contributed by atoms with van der Waals surface area (Å²) in [5, 5.41) is 3.35. The van der Waals surface area contributed by atoms with Gasteiger partial charge in [0.2, 0.25) is 0 Å². The average molecular weight is 265 g/mol. The molecule has 0 saturated heterocycles. The summed E-state index contributed by atoms with van der Waals surface area (Å²) in [7, 11) is 6.27. The molecular formula is C14H27N5. The van der Waals surface area contributed by atoms with Crippen LogP contribution in [0.4, 0.5) is 5.82 Å². The van der Waals surface area contributed by atoms with Gasteiger partial charge in [0.25, 0.3) is 0 Å². The van der Waals surface area contributed by atoms with Gasteiger partial charge in [-0.25, -0.2) is 4.98 Å². The van der Waals surface area contributed by atoms with Crippen LogP contribution in [0.5, 0.6) is 0 Å². The predicted octanol–water partition coefficient (Wildman–Crippen LogP) is 1.36. The molecule has 0 aliphatic carbocycles. The third kappa shape index (κ3) is 6.50. The Labute approximate surface area is 117 Å². The third-order valence-corrected chi connectivity index (χ3v) is 2.89. The fourth-order valence-electron chi connectivity index (χ4n) is 1.80. The number of rotatable bonds is 9. The first-order valence-electron chi connectivity index (χ1n) is 7.01. The standard InChI is InChI=1S/C14H27N5/c1-5-7-15-10-13-11-16-12-14(17-13)19(4)9-6-8-18(2)3/h11-12,15H,5-10H2,1-4H3. The van der Waals surface area contributed by atoms with Crippen LogP contribution in [-0.2, 0) is 6.54 Å². The van der Waals surface area contributed by atoms with E-state index in [4.69, 9.17) is 0 Å². The van der Waals surface area contributed by atoms with Crippen molar-refractivity contribution in [3.05, 3.63) is 18.1 Å². The summed E-state index contributed by atoms with van der Waals surface area (Å²) >= 11 is 0. The Hall–Kier alpha value is -1.20. The van der Waals surface area contributed by atoms with Gasteiger partial charge in [-0.05, 0) is 40.0 Å². The minimum atomic E-state index is 0.792. The summed E-state index contributed by atoms with van der Waals surface area (Å²) < 4.78 is 0. The molecule has 1 heterocycles. The molecule has 1 N–H and O–H groups in total. The second-order valence-electron chi connectivity index (χ2n) is 5.12. The lowest BCUT2D eigenvalue weighted by molar-refractivity contribution is 0.401. The van der Waals surface area contributed by atoms with Crippen molar-refractivity contribution >= 4 is 5.82 Å². The van der Waals surface area contributed by atoms with Gasteiger partial charge in [-0.3, -0.25) is 4.98 Å². The second-order valence-corrected chi connectivity index (χ2v) is 5.12. The lowest BCUT2D eigenvalue weighted by atomic mass is 10.3. The van der Waals surface area contributed by atoms with Crippen molar-refractivity contribution < 1.29 is 0 Å². The Kier molecular flexibility index (Phi) is 7.36. The fourth-order valence-corrected chi connectivity index (χ4v) is 1.80. The van der Waals surface area contributed by atoms with Crippen molar-refractivity contribution in [3.63, 3.8) is 0 Å². The van der Waals surface area contributed by atoms with Gasteiger partial charge in [0.05, 0.1) is 11.9 Å². The minimum absolute atomic E-state index is 0.792. The zero-order valence-corrected chi connectivity index (χ0v) is 12.7. The van der Waals surface area contributed by atoms with Crippen LogP contribution in [0.3, 0.4) is 0 Å². The Balaban J connectivity index is 2.45. The van der Waals surface area contributed by atoms with E-state index in [0.29, 0.717) is 0 Å². The summed E-state index contributed by atoms with van der Waals surface area (Å²) in [5.41, 5.74) is 1.01. The van der Waals surface area contributed by atoms with Crippen molar-refractivity contribution in [3.8, 4) is 0 Å². The Morgan fingerprint density at radius 2 is 1.95 bits per heavy atom. The molecule has 1 aromatic rings. The topological polar surface area (TPSA) is 44.3 Å². The third-order valence-electron chi connectivity index (χ3n) is 2.89. The van der Waals surface area contributed by atoms with E-state index in [2.05, 4.69) is 53.2 Å². The number of aromatic nitrogens is 2. The molecule has 19 heavy (non-hydrogen) atoms. The van der Waals surface area contributed by atoms with Crippen LogP contribution < -0.4 is 10.2 Å². The van der Waals surface area contributed by atoms with Gasteiger partial charge in [0.1, 0.15) is 5.82 Å². The Morgan fingerprint density at radius 3 is 2.63 bits per heavy atom. The van der Waals surface area contributed by atoms with Crippen molar-refractivity contribution in [1.82, 2.24) is 20.2 Å². The number of hydrogen-bond acceptors (Lipinski definition) is 5. The summed E-state index contributed by atoms with van der Waals surface area (Å²) in [6.07, 6.45) is 5.93. The summed E-state index contributed by atoms with van der Waals surface area (Å²) in [4.78, 5) is 13.3. The van der Waals surface area contributed by atoms with Crippen LogP contribution in [0, 0.1) is 0 Å². The normalized spacial score (nSPS) is 11.0. The smallest absolute Gasteiger partial charge is 0.147 e. The molecular weight excluding hydrogens is 238 g/mol. The number of nitrogens with zero attached hydrogens (tertiary/aromatic N) is 4. The quantitative estimate of drug-likeness (QED) is 0.683. The summed E-state index contributed by atoms with van der Waals surface area (Å²) in [6.45, 7) is 6.06. The van der Waals surface area contributed by atoms with Crippen molar-refractivity contribution in [2.75, 3.05) is 45.7 Å². The zero-order valence-electron chi connectivity index (χ0n) is 12.7. The number of hydrogen-bond donors (Lipinski definition) is 1.